The topological polar surface area (TPSA) is 30.2 Å². The van der Waals surface area contributed by atoms with Crippen molar-refractivity contribution < 1.29 is 0 Å². The van der Waals surface area contributed by atoms with Crippen molar-refractivity contribution in [2.24, 2.45) is 0 Å². The lowest BCUT2D eigenvalue weighted by Crippen LogP contribution is -1.94. The molecule has 3 heterocycles. The molecule has 11 rings (SSSR count). The molecule has 0 aliphatic heterocycles. The monoisotopic (exact) mass is 595 g/mol. The van der Waals surface area contributed by atoms with Gasteiger partial charge in [-0.25, -0.2) is 4.98 Å². The number of imidazole rings is 1. The van der Waals surface area contributed by atoms with Crippen LogP contribution >= 0.6 is 0 Å². The van der Waals surface area contributed by atoms with Gasteiger partial charge >= 0.3 is 0 Å². The summed E-state index contributed by atoms with van der Waals surface area (Å²) in [6.07, 6.45) is 1.89. The smallest absolute Gasteiger partial charge is 0.146 e. The Bertz CT molecular complexity index is 2940. The Balaban J connectivity index is 1.16. The van der Waals surface area contributed by atoms with Gasteiger partial charge in [0.05, 0.1) is 22.1 Å². The van der Waals surface area contributed by atoms with Gasteiger partial charge in [-0.15, -0.1) is 0 Å². The minimum absolute atomic E-state index is 0.963. The van der Waals surface area contributed by atoms with Gasteiger partial charge in [0.2, 0.25) is 0 Å². The lowest BCUT2D eigenvalue weighted by atomic mass is 9.92. The Morgan fingerprint density at radius 2 is 1.19 bits per heavy atom. The van der Waals surface area contributed by atoms with Crippen LogP contribution in [-0.4, -0.2) is 14.4 Å². The molecule has 7 aromatic carbocycles. The van der Waals surface area contributed by atoms with Gasteiger partial charge in [-0.1, -0.05) is 103 Å². The SMILES string of the molecule is c1cc(-c2ccc3c(c2)c2c(ccc4cccnc42)c2nc4ccccc4n32)cc(-c2ccc3c4c(cccc24)-c2ccccc2-3)c1. The first-order valence-electron chi connectivity index (χ1n) is 16.1. The lowest BCUT2D eigenvalue weighted by molar-refractivity contribution is 1.31. The van der Waals surface area contributed by atoms with Gasteiger partial charge in [-0.05, 0) is 97.7 Å². The average Bonchev–Trinajstić information content (AvgIpc) is 3.69. The average molecular weight is 596 g/mol. The number of para-hydroxylation sites is 2. The molecule has 1 aliphatic carbocycles. The van der Waals surface area contributed by atoms with E-state index in [1.807, 2.05) is 12.3 Å². The van der Waals surface area contributed by atoms with Gasteiger partial charge in [0.1, 0.15) is 5.65 Å². The van der Waals surface area contributed by atoms with E-state index in [0.717, 1.165) is 43.9 Å². The van der Waals surface area contributed by atoms with Crippen LogP contribution in [0.5, 0.6) is 0 Å². The van der Waals surface area contributed by atoms with Crippen LogP contribution in [0.25, 0.3) is 105 Å². The number of benzene rings is 7. The summed E-state index contributed by atoms with van der Waals surface area (Å²) in [6.45, 7) is 0. The highest BCUT2D eigenvalue weighted by molar-refractivity contribution is 6.23. The van der Waals surface area contributed by atoms with Crippen molar-refractivity contribution in [3.63, 3.8) is 0 Å². The third-order valence-electron chi connectivity index (χ3n) is 10.1. The van der Waals surface area contributed by atoms with Gasteiger partial charge in [0, 0.05) is 27.7 Å². The van der Waals surface area contributed by atoms with Crippen LogP contribution in [0.1, 0.15) is 0 Å². The number of aromatic nitrogens is 3. The van der Waals surface area contributed by atoms with Crippen molar-refractivity contribution in [3.05, 3.63) is 152 Å². The van der Waals surface area contributed by atoms with Gasteiger partial charge in [0.15, 0.2) is 0 Å². The minimum Gasteiger partial charge on any atom is -0.292 e. The fourth-order valence-corrected chi connectivity index (χ4v) is 8.09. The number of fused-ring (bicyclic) bond motifs is 13. The molecule has 0 saturated carbocycles. The van der Waals surface area contributed by atoms with Crippen LogP contribution in [0.3, 0.4) is 0 Å². The first-order valence-corrected chi connectivity index (χ1v) is 16.1. The lowest BCUT2D eigenvalue weighted by Gasteiger charge is -2.14. The molecule has 3 heteroatoms. The molecule has 0 fully saturated rings. The molecule has 0 saturated heterocycles. The molecule has 3 aromatic heterocycles. The Morgan fingerprint density at radius 3 is 2.13 bits per heavy atom. The third kappa shape index (κ3) is 3.35. The zero-order valence-electron chi connectivity index (χ0n) is 25.3. The molecule has 10 aromatic rings. The molecule has 3 nitrogen and oxygen atoms in total. The van der Waals surface area contributed by atoms with Crippen LogP contribution in [-0.2, 0) is 0 Å². The van der Waals surface area contributed by atoms with E-state index in [9.17, 15) is 0 Å². The van der Waals surface area contributed by atoms with E-state index >= 15 is 0 Å². The Labute approximate surface area is 270 Å². The van der Waals surface area contributed by atoms with E-state index in [-0.39, 0.29) is 0 Å². The molecule has 1 aliphatic rings. The van der Waals surface area contributed by atoms with Crippen molar-refractivity contribution in [2.75, 3.05) is 0 Å². The number of pyridine rings is 2. The maximum atomic E-state index is 5.12. The molecular weight excluding hydrogens is 571 g/mol. The maximum Gasteiger partial charge on any atom is 0.146 e. The summed E-state index contributed by atoms with van der Waals surface area (Å²) < 4.78 is 2.31. The van der Waals surface area contributed by atoms with Gasteiger partial charge in [-0.3, -0.25) is 9.38 Å². The highest BCUT2D eigenvalue weighted by atomic mass is 15.0. The molecule has 47 heavy (non-hydrogen) atoms. The quantitative estimate of drug-likeness (QED) is 0.186. The molecule has 0 spiro atoms. The second-order valence-electron chi connectivity index (χ2n) is 12.6. The normalized spacial score (nSPS) is 12.3. The van der Waals surface area contributed by atoms with E-state index in [0.29, 0.717) is 0 Å². The molecule has 0 radical (unpaired) electrons. The zero-order valence-corrected chi connectivity index (χ0v) is 25.3. The van der Waals surface area contributed by atoms with E-state index in [2.05, 4.69) is 144 Å². The number of rotatable bonds is 2. The number of nitrogens with zero attached hydrogens (tertiary/aromatic N) is 3. The fraction of sp³-hybridized carbons (Fsp3) is 0. The summed E-state index contributed by atoms with van der Waals surface area (Å²) in [5.41, 5.74) is 15.3. The predicted molar refractivity (Wildman–Crippen MR) is 196 cm³/mol. The van der Waals surface area contributed by atoms with Crippen molar-refractivity contribution in [1.82, 2.24) is 14.4 Å². The minimum atomic E-state index is 0.963. The van der Waals surface area contributed by atoms with Gasteiger partial charge in [0.25, 0.3) is 0 Å². The number of hydrogen-bond acceptors (Lipinski definition) is 2. The van der Waals surface area contributed by atoms with E-state index in [4.69, 9.17) is 9.97 Å². The third-order valence-corrected chi connectivity index (χ3v) is 10.1. The molecule has 0 atom stereocenters. The second-order valence-corrected chi connectivity index (χ2v) is 12.6. The highest BCUT2D eigenvalue weighted by Gasteiger charge is 2.22. The summed E-state index contributed by atoms with van der Waals surface area (Å²) in [5.74, 6) is 0. The van der Waals surface area contributed by atoms with Crippen LogP contribution < -0.4 is 0 Å². The predicted octanol–water partition coefficient (Wildman–Crippen LogP) is 11.5. The van der Waals surface area contributed by atoms with Crippen molar-refractivity contribution in [3.8, 4) is 44.5 Å². The zero-order chi connectivity index (χ0) is 30.6. The van der Waals surface area contributed by atoms with Gasteiger partial charge in [-0.2, -0.15) is 0 Å². The van der Waals surface area contributed by atoms with Gasteiger partial charge < -0.3 is 0 Å². The molecule has 0 N–H and O–H groups in total. The Hall–Kier alpha value is -6.32. The summed E-state index contributed by atoms with van der Waals surface area (Å²) in [4.78, 5) is 10.0. The van der Waals surface area contributed by atoms with Crippen LogP contribution in [0.15, 0.2) is 152 Å². The molecule has 216 valence electrons. The molecule has 0 bridgehead atoms. The van der Waals surface area contributed by atoms with Crippen LogP contribution in [0, 0.1) is 0 Å². The summed E-state index contributed by atoms with van der Waals surface area (Å²) >= 11 is 0. The summed E-state index contributed by atoms with van der Waals surface area (Å²) in [5, 5.41) is 7.20. The second kappa shape index (κ2) is 9.12. The van der Waals surface area contributed by atoms with Crippen LogP contribution in [0.4, 0.5) is 0 Å². The van der Waals surface area contributed by atoms with Crippen LogP contribution in [0.2, 0.25) is 0 Å². The standard InChI is InChI=1S/C44H25N3/c1-2-12-32-31(11-1)34-14-6-13-33-30(20-21-35(32)41(33)34)29-9-5-8-27(24-29)28-18-22-39-37(25-28)42-36(19-17-26-10-7-23-45-43(26)42)44-46-38-15-3-4-16-40(38)47(39)44/h1-25H. The maximum absolute atomic E-state index is 5.12. The summed E-state index contributed by atoms with van der Waals surface area (Å²) in [7, 11) is 0. The molecular formula is C44H25N3. The Kier molecular flexibility index (Phi) is 4.84. The largest absolute Gasteiger partial charge is 0.292 e. The first-order chi connectivity index (χ1) is 23.3. The van der Waals surface area contributed by atoms with E-state index < -0.39 is 0 Å². The number of hydrogen-bond donors (Lipinski definition) is 0. The summed E-state index contributed by atoms with van der Waals surface area (Å²) in [6, 6.07) is 52.9. The van der Waals surface area contributed by atoms with E-state index in [1.165, 1.54) is 60.7 Å². The Morgan fingerprint density at radius 1 is 0.426 bits per heavy atom. The molecule has 0 unspecified atom stereocenters. The van der Waals surface area contributed by atoms with Crippen molar-refractivity contribution >= 4 is 60.0 Å². The highest BCUT2D eigenvalue weighted by Crippen LogP contribution is 2.49. The molecule has 0 amide bonds. The van der Waals surface area contributed by atoms with Crippen molar-refractivity contribution in [1.29, 1.82) is 0 Å². The van der Waals surface area contributed by atoms with Crippen molar-refractivity contribution in [2.45, 2.75) is 0 Å². The first kappa shape index (κ1) is 24.9. The van der Waals surface area contributed by atoms with E-state index in [1.54, 1.807) is 0 Å². The fourth-order valence-electron chi connectivity index (χ4n) is 8.09.